The molecule has 0 aromatic heterocycles. The monoisotopic (exact) mass is 445 g/mol. The van der Waals surface area contributed by atoms with Crippen molar-refractivity contribution in [2.45, 2.75) is 51.6 Å². The van der Waals surface area contributed by atoms with Crippen LogP contribution in [0.4, 0.5) is 18.9 Å². The number of para-hydroxylation sites is 1. The van der Waals surface area contributed by atoms with Gasteiger partial charge >= 0.3 is 6.18 Å². The first kappa shape index (κ1) is 21.7. The Morgan fingerprint density at radius 3 is 2.06 bits per heavy atom. The van der Waals surface area contributed by atoms with E-state index in [1.165, 1.54) is 6.07 Å². The fourth-order valence-electron chi connectivity index (χ4n) is 5.43. The van der Waals surface area contributed by atoms with Gasteiger partial charge in [-0.25, -0.2) is 4.99 Å². The van der Waals surface area contributed by atoms with Crippen molar-refractivity contribution >= 4 is 17.0 Å². The van der Waals surface area contributed by atoms with Crippen LogP contribution in [-0.2, 0) is 17.0 Å². The second-order valence-electron chi connectivity index (χ2n) is 10.4. The predicted molar refractivity (Wildman–Crippen MR) is 128 cm³/mol. The summed E-state index contributed by atoms with van der Waals surface area (Å²) < 4.78 is 42.8. The lowest BCUT2D eigenvalue weighted by molar-refractivity contribution is -0.138. The Kier molecular flexibility index (Phi) is 4.55. The van der Waals surface area contributed by atoms with E-state index in [9.17, 15) is 13.2 Å². The van der Waals surface area contributed by atoms with Crippen LogP contribution in [0.3, 0.4) is 0 Å². The number of alkyl halides is 3. The van der Waals surface area contributed by atoms with Crippen molar-refractivity contribution in [1.82, 2.24) is 0 Å². The summed E-state index contributed by atoms with van der Waals surface area (Å²) in [4.78, 5) is 5.01. The van der Waals surface area contributed by atoms with E-state index >= 15 is 0 Å². The van der Waals surface area contributed by atoms with E-state index in [1.807, 2.05) is 69.3 Å². The Morgan fingerprint density at radius 1 is 0.788 bits per heavy atom. The van der Waals surface area contributed by atoms with Gasteiger partial charge in [0.2, 0.25) is 0 Å². The third-order valence-electron chi connectivity index (χ3n) is 6.75. The minimum Gasteiger partial charge on any atom is -0.248 e. The number of aliphatic imine (C=N–C) groups is 1. The van der Waals surface area contributed by atoms with Crippen molar-refractivity contribution in [2.75, 3.05) is 0 Å². The second-order valence-corrected chi connectivity index (χ2v) is 10.4. The van der Waals surface area contributed by atoms with Crippen LogP contribution in [0.5, 0.6) is 0 Å². The molecule has 3 aromatic carbocycles. The van der Waals surface area contributed by atoms with Gasteiger partial charge in [0.15, 0.2) is 0 Å². The Bertz CT molecular complexity index is 1330. The molecule has 1 aliphatic heterocycles. The molecule has 0 unspecified atom stereocenters. The van der Waals surface area contributed by atoms with Crippen LogP contribution >= 0.6 is 0 Å². The summed E-state index contributed by atoms with van der Waals surface area (Å²) in [5, 5.41) is 0. The van der Waals surface area contributed by atoms with Gasteiger partial charge < -0.3 is 0 Å². The SMILES string of the molecule is CC(C)(C)c1c(C(F)(F)F)ccc2c1C(c1ccccc1)=C1C2=Nc2ccccc2C1(C)C. The van der Waals surface area contributed by atoms with Gasteiger partial charge in [0.25, 0.3) is 0 Å². The van der Waals surface area contributed by atoms with Crippen molar-refractivity contribution in [3.8, 4) is 0 Å². The van der Waals surface area contributed by atoms with Crippen molar-refractivity contribution in [2.24, 2.45) is 4.99 Å². The highest BCUT2D eigenvalue weighted by molar-refractivity contribution is 6.28. The first-order valence-corrected chi connectivity index (χ1v) is 11.2. The first-order chi connectivity index (χ1) is 15.4. The molecule has 0 amide bonds. The minimum absolute atomic E-state index is 0.329. The van der Waals surface area contributed by atoms with Crippen LogP contribution in [0.1, 0.15) is 68.0 Å². The lowest BCUT2D eigenvalue weighted by atomic mass is 9.71. The summed E-state index contributed by atoms with van der Waals surface area (Å²) in [5.41, 5.74) is 5.57. The van der Waals surface area contributed by atoms with Crippen LogP contribution in [0.2, 0.25) is 0 Å². The summed E-state index contributed by atoms with van der Waals surface area (Å²) >= 11 is 0. The Morgan fingerprint density at radius 2 is 1.42 bits per heavy atom. The average Bonchev–Trinajstić information content (AvgIpc) is 3.08. The van der Waals surface area contributed by atoms with Crippen molar-refractivity contribution in [1.29, 1.82) is 0 Å². The van der Waals surface area contributed by atoms with Crippen LogP contribution in [0, 0.1) is 0 Å². The summed E-state index contributed by atoms with van der Waals surface area (Å²) in [6, 6.07) is 20.6. The summed E-state index contributed by atoms with van der Waals surface area (Å²) in [5.74, 6) is 0. The molecule has 5 rings (SSSR count). The number of hydrogen-bond donors (Lipinski definition) is 0. The molecule has 2 aliphatic rings. The van der Waals surface area contributed by atoms with Crippen LogP contribution in [0.15, 0.2) is 77.3 Å². The van der Waals surface area contributed by atoms with Crippen molar-refractivity contribution in [3.05, 3.63) is 106 Å². The molecule has 0 N–H and O–H groups in total. The zero-order valence-electron chi connectivity index (χ0n) is 19.4. The van der Waals surface area contributed by atoms with Gasteiger partial charge in [-0.3, -0.25) is 0 Å². The highest BCUT2D eigenvalue weighted by atomic mass is 19.4. The van der Waals surface area contributed by atoms with Crippen molar-refractivity contribution in [3.63, 3.8) is 0 Å². The molecule has 0 bridgehead atoms. The predicted octanol–water partition coefficient (Wildman–Crippen LogP) is 8.23. The van der Waals surface area contributed by atoms with E-state index in [-0.39, 0.29) is 0 Å². The maximum atomic E-state index is 14.3. The molecule has 0 radical (unpaired) electrons. The highest BCUT2D eigenvalue weighted by Crippen LogP contribution is 2.55. The molecule has 4 heteroatoms. The minimum atomic E-state index is -4.45. The number of hydrogen-bond acceptors (Lipinski definition) is 1. The molecular formula is C29H26F3N. The number of fused-ring (bicyclic) bond motifs is 4. The number of nitrogens with zero attached hydrogens (tertiary/aromatic N) is 1. The fourth-order valence-corrected chi connectivity index (χ4v) is 5.43. The van der Waals surface area contributed by atoms with Crippen LogP contribution in [0.25, 0.3) is 5.57 Å². The number of benzene rings is 3. The van der Waals surface area contributed by atoms with E-state index < -0.39 is 22.6 Å². The first-order valence-electron chi connectivity index (χ1n) is 11.2. The third kappa shape index (κ3) is 3.18. The molecule has 0 atom stereocenters. The van der Waals surface area contributed by atoms with Gasteiger partial charge in [-0.15, -0.1) is 0 Å². The molecule has 3 aromatic rings. The second kappa shape index (κ2) is 6.93. The fraction of sp³-hybridized carbons (Fsp3) is 0.276. The van der Waals surface area contributed by atoms with Gasteiger partial charge in [0, 0.05) is 11.0 Å². The number of rotatable bonds is 1. The van der Waals surface area contributed by atoms with Crippen LogP contribution < -0.4 is 0 Å². The van der Waals surface area contributed by atoms with Crippen LogP contribution in [-0.4, -0.2) is 5.71 Å². The van der Waals surface area contributed by atoms with Gasteiger partial charge in [-0.1, -0.05) is 89.2 Å². The normalized spacial score (nSPS) is 16.8. The van der Waals surface area contributed by atoms with Gasteiger partial charge in [0.1, 0.15) is 0 Å². The third-order valence-corrected chi connectivity index (χ3v) is 6.75. The largest absolute Gasteiger partial charge is 0.416 e. The van der Waals surface area contributed by atoms with E-state index in [0.29, 0.717) is 11.1 Å². The summed E-state index contributed by atoms with van der Waals surface area (Å²) in [6.45, 7) is 9.86. The topological polar surface area (TPSA) is 12.4 Å². The Hall–Kier alpha value is -3.14. The molecule has 0 fully saturated rings. The zero-order valence-corrected chi connectivity index (χ0v) is 19.4. The number of halogens is 3. The maximum absolute atomic E-state index is 14.3. The molecule has 1 heterocycles. The lowest BCUT2D eigenvalue weighted by Crippen LogP contribution is -2.28. The number of allylic oxidation sites excluding steroid dienone is 1. The smallest absolute Gasteiger partial charge is 0.248 e. The molecular weight excluding hydrogens is 419 g/mol. The van der Waals surface area contributed by atoms with Gasteiger partial charge in [0.05, 0.1) is 17.0 Å². The molecule has 0 saturated carbocycles. The highest BCUT2D eigenvalue weighted by Gasteiger charge is 2.46. The van der Waals surface area contributed by atoms with E-state index in [0.717, 1.165) is 39.2 Å². The zero-order chi connectivity index (χ0) is 23.8. The molecule has 168 valence electrons. The van der Waals surface area contributed by atoms with E-state index in [2.05, 4.69) is 19.9 Å². The summed E-state index contributed by atoms with van der Waals surface area (Å²) in [6.07, 6.45) is -4.45. The molecule has 33 heavy (non-hydrogen) atoms. The molecule has 1 aliphatic carbocycles. The maximum Gasteiger partial charge on any atom is 0.416 e. The standard InChI is InChI=1S/C29H26F3N/c1-27(2,3)24-20(29(30,31)32)16-15-18-23(24)22(17-11-7-6-8-12-17)25-26(18)33-21-14-10-9-13-19(21)28(25,4)5/h6-16H,1-5H3. The summed E-state index contributed by atoms with van der Waals surface area (Å²) in [7, 11) is 0. The van der Waals surface area contributed by atoms with Gasteiger partial charge in [-0.05, 0) is 50.9 Å². The molecule has 0 saturated heterocycles. The Balaban J connectivity index is 1.99. The van der Waals surface area contributed by atoms with E-state index in [4.69, 9.17) is 4.99 Å². The van der Waals surface area contributed by atoms with E-state index in [1.54, 1.807) is 6.07 Å². The average molecular weight is 446 g/mol. The molecule has 0 spiro atoms. The van der Waals surface area contributed by atoms with Gasteiger partial charge in [-0.2, -0.15) is 13.2 Å². The lowest BCUT2D eigenvalue weighted by Gasteiger charge is -2.34. The van der Waals surface area contributed by atoms with Crippen molar-refractivity contribution < 1.29 is 13.2 Å². The Labute approximate surface area is 192 Å². The quantitative estimate of drug-likeness (QED) is 0.358. The molecule has 1 nitrogen and oxygen atoms in total.